The number of hydrogen-bond donors (Lipinski definition) is 1. The highest BCUT2D eigenvalue weighted by Crippen LogP contribution is 2.41. The maximum Gasteiger partial charge on any atom is 0.258 e. The zero-order valence-corrected chi connectivity index (χ0v) is 16.1. The summed E-state index contributed by atoms with van der Waals surface area (Å²) < 4.78 is 26.1. The minimum Gasteiger partial charge on any atom is -0.483 e. The second-order valence-electron chi connectivity index (χ2n) is 7.33. The van der Waals surface area contributed by atoms with Crippen LogP contribution in [0.25, 0.3) is 5.69 Å². The van der Waals surface area contributed by atoms with Crippen LogP contribution in [0.3, 0.4) is 0 Å². The smallest absolute Gasteiger partial charge is 0.258 e. The van der Waals surface area contributed by atoms with Crippen LogP contribution < -0.4 is 14.8 Å². The van der Waals surface area contributed by atoms with Crippen LogP contribution in [0.2, 0.25) is 0 Å². The third-order valence-corrected chi connectivity index (χ3v) is 4.46. The molecule has 0 aliphatic carbocycles. The molecule has 0 atom stereocenters. The van der Waals surface area contributed by atoms with E-state index in [9.17, 15) is 9.18 Å². The second-order valence-corrected chi connectivity index (χ2v) is 7.33. The van der Waals surface area contributed by atoms with Crippen molar-refractivity contribution >= 4 is 5.91 Å². The predicted octanol–water partition coefficient (Wildman–Crippen LogP) is 2.21. The number of amides is 1. The van der Waals surface area contributed by atoms with E-state index >= 15 is 0 Å². The number of fused-ring (bicyclic) bond motifs is 1. The van der Waals surface area contributed by atoms with Crippen molar-refractivity contribution in [3.63, 3.8) is 0 Å². The van der Waals surface area contributed by atoms with Crippen molar-refractivity contribution in [3.8, 4) is 17.2 Å². The van der Waals surface area contributed by atoms with Gasteiger partial charge in [0.2, 0.25) is 0 Å². The molecule has 2 heterocycles. The molecular weight excluding hydrogens is 377 g/mol. The molecule has 0 saturated heterocycles. The molecule has 0 bridgehead atoms. The third-order valence-electron chi connectivity index (χ3n) is 4.46. The number of halogens is 1. The van der Waals surface area contributed by atoms with Crippen molar-refractivity contribution in [2.24, 2.45) is 0 Å². The average Bonchev–Trinajstić information content (AvgIpc) is 3.28. The number of rotatable bonds is 6. The molecule has 0 unspecified atom stereocenters. The van der Waals surface area contributed by atoms with Crippen molar-refractivity contribution in [1.82, 2.24) is 25.5 Å². The summed E-state index contributed by atoms with van der Waals surface area (Å²) in [5, 5.41) is 14.1. The van der Waals surface area contributed by atoms with Gasteiger partial charge in [0.1, 0.15) is 11.4 Å². The van der Waals surface area contributed by atoms with Gasteiger partial charge >= 0.3 is 0 Å². The lowest BCUT2D eigenvalue weighted by Crippen LogP contribution is -2.29. The number of carbonyl (C=O) groups is 1. The SMILES string of the molecule is CC1(C)Cc2cccc(OCC(=O)NCc3nnnn3-c3ccc(F)cc3)c2O1. The van der Waals surface area contributed by atoms with E-state index in [1.165, 1.54) is 16.8 Å². The number of tetrazole rings is 1. The molecule has 1 aromatic heterocycles. The summed E-state index contributed by atoms with van der Waals surface area (Å²) in [5.41, 5.74) is 1.37. The first-order valence-electron chi connectivity index (χ1n) is 9.15. The van der Waals surface area contributed by atoms with Gasteiger partial charge in [0.15, 0.2) is 23.9 Å². The number of ether oxygens (including phenoxy) is 2. The van der Waals surface area contributed by atoms with Crippen LogP contribution in [-0.4, -0.2) is 38.3 Å². The van der Waals surface area contributed by atoms with Crippen LogP contribution in [0.4, 0.5) is 4.39 Å². The topological polar surface area (TPSA) is 91.2 Å². The molecule has 150 valence electrons. The fourth-order valence-electron chi connectivity index (χ4n) is 3.17. The number of hydrogen-bond acceptors (Lipinski definition) is 6. The largest absolute Gasteiger partial charge is 0.483 e. The number of benzene rings is 2. The Labute approximate surface area is 166 Å². The average molecular weight is 397 g/mol. The van der Waals surface area contributed by atoms with Gasteiger partial charge in [-0.3, -0.25) is 4.79 Å². The Morgan fingerprint density at radius 1 is 1.28 bits per heavy atom. The van der Waals surface area contributed by atoms with Gasteiger partial charge in [0.05, 0.1) is 12.2 Å². The molecule has 0 spiro atoms. The molecule has 2 aromatic carbocycles. The predicted molar refractivity (Wildman–Crippen MR) is 101 cm³/mol. The van der Waals surface area contributed by atoms with E-state index in [0.29, 0.717) is 23.0 Å². The van der Waals surface area contributed by atoms with Crippen LogP contribution in [0.15, 0.2) is 42.5 Å². The molecule has 29 heavy (non-hydrogen) atoms. The number of aromatic nitrogens is 4. The van der Waals surface area contributed by atoms with Crippen molar-refractivity contribution in [3.05, 3.63) is 59.7 Å². The first kappa shape index (κ1) is 18.9. The van der Waals surface area contributed by atoms with E-state index in [-0.39, 0.29) is 30.5 Å². The quantitative estimate of drug-likeness (QED) is 0.686. The normalized spacial score (nSPS) is 14.2. The lowest BCUT2D eigenvalue weighted by molar-refractivity contribution is -0.123. The summed E-state index contributed by atoms with van der Waals surface area (Å²) in [6, 6.07) is 11.4. The van der Waals surface area contributed by atoms with Gasteiger partial charge in [-0.1, -0.05) is 12.1 Å². The van der Waals surface area contributed by atoms with E-state index in [1.54, 1.807) is 18.2 Å². The summed E-state index contributed by atoms with van der Waals surface area (Å²) in [5.74, 6) is 0.961. The Bertz CT molecular complexity index is 1030. The monoisotopic (exact) mass is 397 g/mol. The van der Waals surface area contributed by atoms with Gasteiger partial charge in [0, 0.05) is 12.0 Å². The highest BCUT2D eigenvalue weighted by molar-refractivity contribution is 5.77. The molecule has 0 saturated carbocycles. The summed E-state index contributed by atoms with van der Waals surface area (Å²) in [6.07, 6.45) is 0.789. The number of carbonyl (C=O) groups excluding carboxylic acids is 1. The van der Waals surface area contributed by atoms with Gasteiger partial charge in [-0.25, -0.2) is 4.39 Å². The Hall–Kier alpha value is -3.49. The molecule has 8 nitrogen and oxygen atoms in total. The maximum atomic E-state index is 13.1. The molecule has 1 N–H and O–H groups in total. The standard InChI is InChI=1S/C20H20FN5O3/c1-20(2)10-13-4-3-5-16(19(13)29-20)28-12-18(27)22-11-17-23-24-25-26(17)15-8-6-14(21)7-9-15/h3-9H,10-12H2,1-2H3,(H,22,27). The highest BCUT2D eigenvalue weighted by Gasteiger charge is 2.32. The van der Waals surface area contributed by atoms with E-state index in [4.69, 9.17) is 9.47 Å². The Morgan fingerprint density at radius 3 is 2.86 bits per heavy atom. The van der Waals surface area contributed by atoms with E-state index < -0.39 is 0 Å². The van der Waals surface area contributed by atoms with Gasteiger partial charge in [-0.05, 0) is 54.6 Å². The van der Waals surface area contributed by atoms with E-state index in [1.807, 2.05) is 26.0 Å². The second kappa shape index (κ2) is 7.50. The van der Waals surface area contributed by atoms with Crippen molar-refractivity contribution in [2.45, 2.75) is 32.4 Å². The summed E-state index contributed by atoms with van der Waals surface area (Å²) >= 11 is 0. The summed E-state index contributed by atoms with van der Waals surface area (Å²) in [6.45, 7) is 3.95. The van der Waals surface area contributed by atoms with Crippen molar-refractivity contribution in [1.29, 1.82) is 0 Å². The van der Waals surface area contributed by atoms with Gasteiger partial charge in [-0.2, -0.15) is 4.68 Å². The Morgan fingerprint density at radius 2 is 2.07 bits per heavy atom. The lowest BCUT2D eigenvalue weighted by atomic mass is 10.0. The Balaban J connectivity index is 1.35. The van der Waals surface area contributed by atoms with Gasteiger partial charge < -0.3 is 14.8 Å². The number of para-hydroxylation sites is 1. The third kappa shape index (κ3) is 4.18. The molecule has 1 amide bonds. The van der Waals surface area contributed by atoms with E-state index in [2.05, 4.69) is 20.8 Å². The molecular formula is C20H20FN5O3. The van der Waals surface area contributed by atoms with Gasteiger partial charge in [-0.15, -0.1) is 5.10 Å². The fraction of sp³-hybridized carbons (Fsp3) is 0.300. The highest BCUT2D eigenvalue weighted by atomic mass is 19.1. The lowest BCUT2D eigenvalue weighted by Gasteiger charge is -2.18. The van der Waals surface area contributed by atoms with Crippen molar-refractivity contribution < 1.29 is 18.7 Å². The van der Waals surface area contributed by atoms with Crippen LogP contribution in [-0.2, 0) is 17.8 Å². The molecule has 4 rings (SSSR count). The first-order chi connectivity index (χ1) is 13.9. The number of nitrogens with zero attached hydrogens (tertiary/aromatic N) is 4. The summed E-state index contributed by atoms with van der Waals surface area (Å²) in [4.78, 5) is 12.2. The van der Waals surface area contributed by atoms with Gasteiger partial charge in [0.25, 0.3) is 5.91 Å². The molecule has 9 heteroatoms. The fourth-order valence-corrected chi connectivity index (χ4v) is 3.17. The van der Waals surface area contributed by atoms with Crippen LogP contribution in [0.1, 0.15) is 25.2 Å². The minimum absolute atomic E-state index is 0.100. The number of nitrogens with one attached hydrogen (secondary N) is 1. The maximum absolute atomic E-state index is 13.1. The molecule has 0 radical (unpaired) electrons. The Kier molecular flexibility index (Phi) is 4.87. The van der Waals surface area contributed by atoms with Crippen LogP contribution >= 0.6 is 0 Å². The van der Waals surface area contributed by atoms with E-state index in [0.717, 1.165) is 12.0 Å². The molecule has 1 aliphatic rings. The zero-order chi connectivity index (χ0) is 20.4. The molecule has 3 aromatic rings. The summed E-state index contributed by atoms with van der Waals surface area (Å²) in [7, 11) is 0. The molecule has 1 aliphatic heterocycles. The first-order valence-corrected chi connectivity index (χ1v) is 9.15. The van der Waals surface area contributed by atoms with Crippen LogP contribution in [0.5, 0.6) is 11.5 Å². The van der Waals surface area contributed by atoms with Crippen molar-refractivity contribution in [2.75, 3.05) is 6.61 Å². The van der Waals surface area contributed by atoms with Crippen LogP contribution in [0, 0.1) is 5.82 Å². The molecule has 0 fully saturated rings. The minimum atomic E-state index is -0.353. The zero-order valence-electron chi connectivity index (χ0n) is 16.1.